The number of aryl methyl sites for hydroxylation is 2. The van der Waals surface area contributed by atoms with E-state index in [9.17, 15) is 0 Å². The molecule has 0 heterocycles. The van der Waals surface area contributed by atoms with E-state index in [2.05, 4.69) is 37.4 Å². The minimum absolute atomic E-state index is 0.325. The average molecular weight is 204 g/mol. The molecule has 0 bridgehead atoms. The lowest BCUT2D eigenvalue weighted by Crippen LogP contribution is -2.35. The Bertz CT molecular complexity index is 346. The number of anilines is 1. The van der Waals surface area contributed by atoms with Crippen molar-refractivity contribution in [3.63, 3.8) is 0 Å². The summed E-state index contributed by atoms with van der Waals surface area (Å²) < 4.78 is 0. The van der Waals surface area contributed by atoms with Gasteiger partial charge >= 0.3 is 0 Å². The fraction of sp³-hybridized carbons (Fsp3) is 0.538. The monoisotopic (exact) mass is 204 g/mol. The second kappa shape index (κ2) is 4.23. The van der Waals surface area contributed by atoms with Crippen molar-refractivity contribution in [1.29, 1.82) is 0 Å². The van der Waals surface area contributed by atoms with Gasteiger partial charge in [0, 0.05) is 17.8 Å². The van der Waals surface area contributed by atoms with Crippen LogP contribution in [-0.2, 0) is 0 Å². The molecule has 0 radical (unpaired) electrons. The molecule has 2 unspecified atom stereocenters. The molecular formula is C13H20N2. The normalized spacial score (nSPS) is 25.5. The molecule has 1 fully saturated rings. The first-order valence-electron chi connectivity index (χ1n) is 5.76. The Kier molecular flexibility index (Phi) is 2.96. The van der Waals surface area contributed by atoms with Crippen molar-refractivity contribution < 1.29 is 0 Å². The smallest absolute Gasteiger partial charge is 0.0412 e. The van der Waals surface area contributed by atoms with E-state index in [4.69, 9.17) is 5.73 Å². The molecular weight excluding hydrogens is 184 g/mol. The van der Waals surface area contributed by atoms with Crippen LogP contribution in [0.15, 0.2) is 18.2 Å². The van der Waals surface area contributed by atoms with Crippen LogP contribution in [0.3, 0.4) is 0 Å². The molecule has 2 rings (SSSR count). The lowest BCUT2D eigenvalue weighted by atomic mass is 10.1. The maximum atomic E-state index is 6.04. The summed E-state index contributed by atoms with van der Waals surface area (Å²) in [5, 5.41) is 3.56. The van der Waals surface area contributed by atoms with Crippen LogP contribution in [-0.4, -0.2) is 12.1 Å². The van der Waals surface area contributed by atoms with Crippen LogP contribution < -0.4 is 11.1 Å². The third-order valence-corrected chi connectivity index (χ3v) is 3.29. The van der Waals surface area contributed by atoms with Crippen LogP contribution in [0.5, 0.6) is 0 Å². The highest BCUT2D eigenvalue weighted by Crippen LogP contribution is 2.24. The van der Waals surface area contributed by atoms with Crippen LogP contribution in [0.4, 0.5) is 5.69 Å². The van der Waals surface area contributed by atoms with Crippen molar-refractivity contribution in [2.24, 2.45) is 5.73 Å². The number of rotatable bonds is 2. The van der Waals surface area contributed by atoms with Crippen LogP contribution in [0.25, 0.3) is 0 Å². The number of nitrogens with two attached hydrogens (primary N) is 1. The van der Waals surface area contributed by atoms with Gasteiger partial charge in [-0.3, -0.25) is 0 Å². The zero-order valence-corrected chi connectivity index (χ0v) is 9.59. The summed E-state index contributed by atoms with van der Waals surface area (Å²) in [4.78, 5) is 0. The summed E-state index contributed by atoms with van der Waals surface area (Å²) in [6.07, 6.45) is 3.61. The lowest BCUT2D eigenvalue weighted by molar-refractivity contribution is 0.637. The van der Waals surface area contributed by atoms with Gasteiger partial charge < -0.3 is 11.1 Å². The van der Waals surface area contributed by atoms with E-state index in [1.807, 2.05) is 0 Å². The number of hydrogen-bond donors (Lipinski definition) is 2. The van der Waals surface area contributed by atoms with Gasteiger partial charge in [0.2, 0.25) is 0 Å². The van der Waals surface area contributed by atoms with E-state index in [0.717, 1.165) is 6.42 Å². The molecule has 15 heavy (non-hydrogen) atoms. The first-order valence-corrected chi connectivity index (χ1v) is 5.76. The maximum absolute atomic E-state index is 6.04. The highest BCUT2D eigenvalue weighted by molar-refractivity contribution is 5.52. The van der Waals surface area contributed by atoms with Crippen LogP contribution in [0.1, 0.15) is 30.4 Å². The van der Waals surface area contributed by atoms with Crippen LogP contribution >= 0.6 is 0 Å². The predicted octanol–water partition coefficient (Wildman–Crippen LogP) is 2.60. The number of benzene rings is 1. The molecule has 82 valence electrons. The molecule has 0 aromatic heterocycles. The largest absolute Gasteiger partial charge is 0.381 e. The Morgan fingerprint density at radius 3 is 2.67 bits per heavy atom. The molecule has 3 N–H and O–H groups in total. The molecule has 0 amide bonds. The number of nitrogens with one attached hydrogen (secondary N) is 1. The fourth-order valence-electron chi connectivity index (χ4n) is 2.34. The molecule has 1 aliphatic rings. The first-order chi connectivity index (χ1) is 7.16. The van der Waals surface area contributed by atoms with Crippen molar-refractivity contribution in [2.45, 2.75) is 45.2 Å². The van der Waals surface area contributed by atoms with Gasteiger partial charge in [-0.25, -0.2) is 0 Å². The van der Waals surface area contributed by atoms with Gasteiger partial charge in [0.15, 0.2) is 0 Å². The summed E-state index contributed by atoms with van der Waals surface area (Å²) >= 11 is 0. The molecule has 1 aliphatic carbocycles. The standard InChI is InChI=1S/C13H20N2/c1-9-6-7-12(10(2)8-9)15-13-5-3-4-11(13)14/h6-8,11,13,15H,3-5,14H2,1-2H3. The van der Waals surface area contributed by atoms with Gasteiger partial charge in [0.25, 0.3) is 0 Å². The summed E-state index contributed by atoms with van der Waals surface area (Å²) in [5.41, 5.74) is 9.91. The molecule has 0 saturated heterocycles. The number of hydrogen-bond acceptors (Lipinski definition) is 2. The van der Waals surface area contributed by atoms with E-state index in [1.165, 1.54) is 29.7 Å². The van der Waals surface area contributed by atoms with Crippen molar-refractivity contribution in [2.75, 3.05) is 5.32 Å². The minimum Gasteiger partial charge on any atom is -0.381 e. The summed E-state index contributed by atoms with van der Waals surface area (Å²) in [6, 6.07) is 7.31. The lowest BCUT2D eigenvalue weighted by Gasteiger charge is -2.20. The topological polar surface area (TPSA) is 38.0 Å². The Labute approximate surface area is 91.9 Å². The van der Waals surface area contributed by atoms with Gasteiger partial charge in [-0.1, -0.05) is 17.7 Å². The van der Waals surface area contributed by atoms with Gasteiger partial charge in [0.1, 0.15) is 0 Å². The Morgan fingerprint density at radius 1 is 1.27 bits per heavy atom. The van der Waals surface area contributed by atoms with Gasteiger partial charge in [-0.15, -0.1) is 0 Å². The van der Waals surface area contributed by atoms with E-state index in [1.54, 1.807) is 0 Å². The Morgan fingerprint density at radius 2 is 2.07 bits per heavy atom. The summed E-state index contributed by atoms with van der Waals surface area (Å²) in [7, 11) is 0. The summed E-state index contributed by atoms with van der Waals surface area (Å²) in [5.74, 6) is 0. The quantitative estimate of drug-likeness (QED) is 0.777. The van der Waals surface area contributed by atoms with Gasteiger partial charge in [-0.05, 0) is 44.7 Å². The van der Waals surface area contributed by atoms with Crippen molar-refractivity contribution in [1.82, 2.24) is 0 Å². The Hall–Kier alpha value is -1.02. The van der Waals surface area contributed by atoms with Crippen molar-refractivity contribution in [3.05, 3.63) is 29.3 Å². The zero-order valence-electron chi connectivity index (χ0n) is 9.59. The first kappa shape index (κ1) is 10.5. The van der Waals surface area contributed by atoms with E-state index in [-0.39, 0.29) is 0 Å². The highest BCUT2D eigenvalue weighted by atomic mass is 15.0. The molecule has 1 aromatic carbocycles. The summed E-state index contributed by atoms with van der Waals surface area (Å²) in [6.45, 7) is 4.27. The van der Waals surface area contributed by atoms with Gasteiger partial charge in [-0.2, -0.15) is 0 Å². The third-order valence-electron chi connectivity index (χ3n) is 3.29. The van der Waals surface area contributed by atoms with E-state index < -0.39 is 0 Å². The molecule has 0 aliphatic heterocycles. The molecule has 1 aromatic rings. The second-order valence-corrected chi connectivity index (χ2v) is 4.66. The SMILES string of the molecule is Cc1ccc(NC2CCCC2N)c(C)c1. The van der Waals surface area contributed by atoms with E-state index in [0.29, 0.717) is 12.1 Å². The van der Waals surface area contributed by atoms with Crippen LogP contribution in [0.2, 0.25) is 0 Å². The second-order valence-electron chi connectivity index (χ2n) is 4.66. The highest BCUT2D eigenvalue weighted by Gasteiger charge is 2.23. The molecule has 0 spiro atoms. The molecule has 2 heteroatoms. The molecule has 2 atom stereocenters. The minimum atomic E-state index is 0.325. The molecule has 1 saturated carbocycles. The fourth-order valence-corrected chi connectivity index (χ4v) is 2.34. The van der Waals surface area contributed by atoms with Crippen molar-refractivity contribution >= 4 is 5.69 Å². The van der Waals surface area contributed by atoms with Gasteiger partial charge in [0.05, 0.1) is 0 Å². The zero-order chi connectivity index (χ0) is 10.8. The molecule has 2 nitrogen and oxygen atoms in total. The average Bonchev–Trinajstić information content (AvgIpc) is 2.57. The third kappa shape index (κ3) is 2.32. The van der Waals surface area contributed by atoms with Crippen LogP contribution in [0, 0.1) is 13.8 Å². The maximum Gasteiger partial charge on any atom is 0.0412 e. The van der Waals surface area contributed by atoms with E-state index >= 15 is 0 Å². The Balaban J connectivity index is 2.10. The van der Waals surface area contributed by atoms with Crippen molar-refractivity contribution in [3.8, 4) is 0 Å². The predicted molar refractivity (Wildman–Crippen MR) is 65.2 cm³/mol.